The highest BCUT2D eigenvalue weighted by Crippen LogP contribution is 2.43. The van der Waals surface area contributed by atoms with Crippen LogP contribution in [0.5, 0.6) is 5.75 Å². The zero-order chi connectivity index (χ0) is 31.4. The summed E-state index contributed by atoms with van der Waals surface area (Å²) < 4.78 is 41.0. The van der Waals surface area contributed by atoms with Gasteiger partial charge >= 0.3 is 0 Å². The average molecular weight is 614 g/mol. The molecule has 2 aliphatic heterocycles. The monoisotopic (exact) mass is 613 g/mol. The van der Waals surface area contributed by atoms with Gasteiger partial charge in [0.25, 0.3) is 0 Å². The molecule has 9 heteroatoms. The molecule has 0 amide bonds. The predicted octanol–water partition coefficient (Wildman–Crippen LogP) is 4.37. The second-order valence-electron chi connectivity index (χ2n) is 12.0. The molecule has 0 unspecified atom stereocenters. The fraction of sp³-hybridized carbons (Fsp3) is 0.600. The number of benzene rings is 2. The summed E-state index contributed by atoms with van der Waals surface area (Å²) in [5.41, 5.74) is 5.23. The van der Waals surface area contributed by atoms with Gasteiger partial charge in [-0.1, -0.05) is 42.5 Å². The van der Waals surface area contributed by atoms with Crippen LogP contribution in [0.4, 0.5) is 0 Å². The lowest BCUT2D eigenvalue weighted by molar-refractivity contribution is -0.0813. The Hall–Kier alpha value is -2.34. The molecule has 2 heterocycles. The molecule has 44 heavy (non-hydrogen) atoms. The van der Waals surface area contributed by atoms with Gasteiger partial charge in [-0.3, -0.25) is 0 Å². The van der Waals surface area contributed by atoms with E-state index in [9.17, 15) is 5.11 Å². The van der Waals surface area contributed by atoms with Crippen molar-refractivity contribution in [2.24, 2.45) is 0 Å². The lowest BCUT2D eigenvalue weighted by Crippen LogP contribution is -2.52. The van der Waals surface area contributed by atoms with Crippen LogP contribution in [0.2, 0.25) is 0 Å². The third-order valence-corrected chi connectivity index (χ3v) is 8.30. The molecule has 1 saturated heterocycles. The normalized spacial score (nSPS) is 22.0. The van der Waals surface area contributed by atoms with Crippen molar-refractivity contribution in [1.82, 2.24) is 5.32 Å². The fourth-order valence-corrected chi connectivity index (χ4v) is 6.06. The van der Waals surface area contributed by atoms with Crippen molar-refractivity contribution in [2.75, 3.05) is 74.1 Å². The number of para-hydroxylation sites is 1. The van der Waals surface area contributed by atoms with Gasteiger partial charge in [0.15, 0.2) is 0 Å². The Morgan fingerprint density at radius 3 is 2.32 bits per heavy atom. The molecule has 2 aromatic rings. The SMILES string of the molecule is COCCCC1=C(CO[C@H]2CNC[C@@H](OC[C@H](O)COC)[C@@H]2c2ccc(COCCOC)cc2)C(C)(C)Oc2ccccc21. The number of hydrogen-bond acceptors (Lipinski definition) is 9. The maximum Gasteiger partial charge on any atom is 0.128 e. The number of hydrogen-bond donors (Lipinski definition) is 2. The topological polar surface area (TPSA) is 96.9 Å². The van der Waals surface area contributed by atoms with Crippen LogP contribution < -0.4 is 10.1 Å². The Morgan fingerprint density at radius 2 is 1.59 bits per heavy atom. The first kappa shape index (κ1) is 34.5. The highest BCUT2D eigenvalue weighted by molar-refractivity contribution is 5.76. The number of methoxy groups -OCH3 is 3. The first-order chi connectivity index (χ1) is 21.4. The molecule has 2 aliphatic rings. The van der Waals surface area contributed by atoms with Crippen LogP contribution in [0.15, 0.2) is 54.1 Å². The van der Waals surface area contributed by atoms with Crippen LogP contribution in [0.25, 0.3) is 5.57 Å². The Balaban J connectivity index is 1.58. The van der Waals surface area contributed by atoms with E-state index in [1.165, 1.54) is 5.57 Å². The maximum absolute atomic E-state index is 10.3. The number of aliphatic hydroxyl groups excluding tert-OH is 1. The van der Waals surface area contributed by atoms with Crippen LogP contribution in [-0.2, 0) is 35.0 Å². The molecule has 4 rings (SSSR count). The van der Waals surface area contributed by atoms with E-state index in [1.54, 1.807) is 21.3 Å². The fourth-order valence-electron chi connectivity index (χ4n) is 6.06. The van der Waals surface area contributed by atoms with E-state index in [4.69, 9.17) is 33.2 Å². The highest BCUT2D eigenvalue weighted by Gasteiger charge is 2.39. The smallest absolute Gasteiger partial charge is 0.128 e. The molecule has 9 nitrogen and oxygen atoms in total. The molecule has 0 saturated carbocycles. The van der Waals surface area contributed by atoms with E-state index in [0.29, 0.717) is 46.1 Å². The molecular formula is C35H51NO8. The average Bonchev–Trinajstić information content (AvgIpc) is 3.02. The van der Waals surface area contributed by atoms with Gasteiger partial charge in [-0.2, -0.15) is 0 Å². The summed E-state index contributed by atoms with van der Waals surface area (Å²) in [4.78, 5) is 0. The first-order valence-corrected chi connectivity index (χ1v) is 15.6. The molecule has 0 aliphatic carbocycles. The minimum absolute atomic E-state index is 0.0492. The van der Waals surface area contributed by atoms with Crippen molar-refractivity contribution in [2.45, 2.75) is 63.1 Å². The largest absolute Gasteiger partial charge is 0.483 e. The van der Waals surface area contributed by atoms with Gasteiger partial charge in [0.2, 0.25) is 0 Å². The molecule has 0 bridgehead atoms. The summed E-state index contributed by atoms with van der Waals surface area (Å²) >= 11 is 0. The van der Waals surface area contributed by atoms with Gasteiger partial charge in [-0.15, -0.1) is 0 Å². The quantitative estimate of drug-likeness (QED) is 0.238. The number of allylic oxidation sites excluding steroid dienone is 1. The Labute approximate surface area is 262 Å². The minimum Gasteiger partial charge on any atom is -0.483 e. The van der Waals surface area contributed by atoms with Crippen LogP contribution in [0.1, 0.15) is 49.3 Å². The zero-order valence-electron chi connectivity index (χ0n) is 27.0. The maximum atomic E-state index is 10.3. The van der Waals surface area contributed by atoms with Crippen molar-refractivity contribution in [3.8, 4) is 5.75 Å². The summed E-state index contributed by atoms with van der Waals surface area (Å²) in [5.74, 6) is 0.854. The Bertz CT molecular complexity index is 1170. The summed E-state index contributed by atoms with van der Waals surface area (Å²) in [7, 11) is 4.98. The molecule has 4 atom stereocenters. The molecule has 244 valence electrons. The summed E-state index contributed by atoms with van der Waals surface area (Å²) in [6, 6.07) is 16.7. The van der Waals surface area contributed by atoms with E-state index >= 15 is 0 Å². The van der Waals surface area contributed by atoms with Crippen LogP contribution in [-0.4, -0.2) is 103 Å². The zero-order valence-corrected chi connectivity index (χ0v) is 27.0. The van der Waals surface area contributed by atoms with Crippen molar-refractivity contribution >= 4 is 5.57 Å². The number of nitrogens with one attached hydrogen (secondary N) is 1. The lowest BCUT2D eigenvalue weighted by atomic mass is 9.83. The van der Waals surface area contributed by atoms with Crippen LogP contribution >= 0.6 is 0 Å². The van der Waals surface area contributed by atoms with Gasteiger partial charge in [0.05, 0.1) is 51.8 Å². The highest BCUT2D eigenvalue weighted by atomic mass is 16.5. The molecular weight excluding hydrogens is 562 g/mol. The van der Waals surface area contributed by atoms with Crippen LogP contribution in [0, 0.1) is 0 Å². The van der Waals surface area contributed by atoms with Crippen molar-refractivity contribution < 1.29 is 38.3 Å². The predicted molar refractivity (Wildman–Crippen MR) is 170 cm³/mol. The number of piperidine rings is 1. The second-order valence-corrected chi connectivity index (χ2v) is 12.0. The van der Waals surface area contributed by atoms with Gasteiger partial charge < -0.3 is 43.6 Å². The molecule has 0 radical (unpaired) electrons. The third-order valence-electron chi connectivity index (χ3n) is 8.30. The Kier molecular flexibility index (Phi) is 13.6. The number of ether oxygens (including phenoxy) is 7. The summed E-state index contributed by atoms with van der Waals surface area (Å²) in [6.45, 7) is 8.73. The van der Waals surface area contributed by atoms with Gasteiger partial charge in [0.1, 0.15) is 17.5 Å². The van der Waals surface area contributed by atoms with E-state index in [0.717, 1.165) is 40.9 Å². The Morgan fingerprint density at radius 1 is 0.864 bits per heavy atom. The van der Waals surface area contributed by atoms with E-state index in [2.05, 4.69) is 55.6 Å². The summed E-state index contributed by atoms with van der Waals surface area (Å²) in [5, 5.41) is 13.8. The summed E-state index contributed by atoms with van der Waals surface area (Å²) in [6.07, 6.45) is 0.718. The third kappa shape index (κ3) is 9.34. The standard InChI is InChI=1S/C35H51NO8/c1-35(2)30(28(10-8-16-38-3)29-9-6-7-11-31(29)44-35)24-43-33-20-36-19-32(42-23-27(37)22-40-5)34(33)26-14-12-25(13-15-26)21-41-18-17-39-4/h6-7,9,11-15,27,32-34,36-37H,8,10,16-24H2,1-5H3/t27-,32-,33+,34+/m1/s1. The van der Waals surface area contributed by atoms with Gasteiger partial charge in [-0.05, 0) is 49.5 Å². The molecule has 2 aromatic carbocycles. The number of fused-ring (bicyclic) bond motifs is 1. The van der Waals surface area contributed by atoms with Gasteiger partial charge in [0, 0.05) is 58.1 Å². The van der Waals surface area contributed by atoms with Crippen molar-refractivity contribution in [3.05, 3.63) is 70.8 Å². The number of rotatable bonds is 18. The molecule has 0 aromatic heterocycles. The first-order valence-electron chi connectivity index (χ1n) is 15.6. The second kappa shape index (κ2) is 17.4. The molecule has 1 fully saturated rings. The van der Waals surface area contributed by atoms with E-state index in [1.807, 2.05) is 12.1 Å². The van der Waals surface area contributed by atoms with Gasteiger partial charge in [-0.25, -0.2) is 0 Å². The van der Waals surface area contributed by atoms with E-state index in [-0.39, 0.29) is 31.3 Å². The van der Waals surface area contributed by atoms with E-state index < -0.39 is 11.7 Å². The van der Waals surface area contributed by atoms with Crippen molar-refractivity contribution in [3.63, 3.8) is 0 Å². The van der Waals surface area contributed by atoms with Crippen molar-refractivity contribution in [1.29, 1.82) is 0 Å². The van der Waals surface area contributed by atoms with Crippen LogP contribution in [0.3, 0.4) is 0 Å². The molecule has 2 N–H and O–H groups in total. The minimum atomic E-state index is -0.700. The molecule has 0 spiro atoms. The number of aliphatic hydroxyl groups is 1. The lowest BCUT2D eigenvalue weighted by Gasteiger charge is -2.41.